The Balaban J connectivity index is 4.09. The van der Waals surface area contributed by atoms with Crippen LogP contribution in [0.5, 0.6) is 0 Å². The third kappa shape index (κ3) is 6.61. The molecular formula is C16H32OSi. The molecule has 0 amide bonds. The second-order valence-electron chi connectivity index (χ2n) is 6.74. The average molecular weight is 269 g/mol. The first-order chi connectivity index (χ1) is 8.24. The molecule has 0 saturated heterocycles. The number of hydrogen-bond acceptors (Lipinski definition) is 1. The molecule has 0 aromatic carbocycles. The number of terminal acetylenes is 1. The molecule has 0 N–H and O–H groups in total. The molecular weight excluding hydrogens is 236 g/mol. The van der Waals surface area contributed by atoms with Gasteiger partial charge in [0.1, 0.15) is 6.10 Å². The Bertz CT molecular complexity index is 257. The summed E-state index contributed by atoms with van der Waals surface area (Å²) in [5.74, 6) is 2.83. The molecule has 0 aromatic heterocycles. The molecule has 2 heteroatoms. The molecule has 0 aliphatic carbocycles. The Labute approximate surface area is 116 Å². The summed E-state index contributed by atoms with van der Waals surface area (Å²) in [6.45, 7) is 13.6. The summed E-state index contributed by atoms with van der Waals surface area (Å²) < 4.78 is 6.26. The molecule has 0 fully saturated rings. The van der Waals surface area contributed by atoms with E-state index in [9.17, 15) is 0 Å². The standard InChI is InChI=1S/C16H32OSi/c1-8-10-11-12-13-14-15(9-2)17-18(6,7)16(3,4)5/h2,15H,8,10-14H2,1,3-7H3/t15-/m1/s1. The fraction of sp³-hybridized carbons (Fsp3) is 0.875. The first kappa shape index (κ1) is 17.7. The van der Waals surface area contributed by atoms with Gasteiger partial charge in [-0.3, -0.25) is 0 Å². The van der Waals surface area contributed by atoms with Crippen LogP contribution in [0, 0.1) is 12.3 Å². The second-order valence-corrected chi connectivity index (χ2v) is 11.5. The minimum Gasteiger partial charge on any atom is -0.403 e. The Morgan fingerprint density at radius 1 is 1.11 bits per heavy atom. The largest absolute Gasteiger partial charge is 0.403 e. The summed E-state index contributed by atoms with van der Waals surface area (Å²) in [6.07, 6.45) is 13.1. The minimum atomic E-state index is -1.71. The zero-order valence-electron chi connectivity index (χ0n) is 13.3. The number of rotatable bonds is 8. The van der Waals surface area contributed by atoms with Crippen molar-refractivity contribution in [1.29, 1.82) is 0 Å². The molecule has 1 nitrogen and oxygen atoms in total. The summed E-state index contributed by atoms with van der Waals surface area (Å²) in [7, 11) is -1.71. The highest BCUT2D eigenvalue weighted by Gasteiger charge is 2.38. The van der Waals surface area contributed by atoms with Gasteiger partial charge in [0.25, 0.3) is 0 Å². The zero-order chi connectivity index (χ0) is 14.2. The van der Waals surface area contributed by atoms with E-state index in [0.717, 1.165) is 6.42 Å². The zero-order valence-corrected chi connectivity index (χ0v) is 14.3. The molecule has 0 aliphatic rings. The van der Waals surface area contributed by atoms with Crippen molar-refractivity contribution in [2.24, 2.45) is 0 Å². The Kier molecular flexibility index (Phi) is 7.90. The molecule has 0 rings (SSSR count). The van der Waals surface area contributed by atoms with Gasteiger partial charge in [-0.2, -0.15) is 0 Å². The molecule has 0 unspecified atom stereocenters. The summed E-state index contributed by atoms with van der Waals surface area (Å²) >= 11 is 0. The van der Waals surface area contributed by atoms with E-state index in [-0.39, 0.29) is 11.1 Å². The van der Waals surface area contributed by atoms with E-state index in [1.54, 1.807) is 0 Å². The average Bonchev–Trinajstić information content (AvgIpc) is 2.25. The second kappa shape index (κ2) is 8.02. The van der Waals surface area contributed by atoms with E-state index in [4.69, 9.17) is 10.8 Å². The van der Waals surface area contributed by atoms with Gasteiger partial charge < -0.3 is 4.43 Å². The van der Waals surface area contributed by atoms with Crippen molar-refractivity contribution in [3.8, 4) is 12.3 Å². The van der Waals surface area contributed by atoms with Crippen LogP contribution in [0.3, 0.4) is 0 Å². The van der Waals surface area contributed by atoms with Crippen LogP contribution in [0.15, 0.2) is 0 Å². The van der Waals surface area contributed by atoms with Crippen molar-refractivity contribution in [1.82, 2.24) is 0 Å². The van der Waals surface area contributed by atoms with E-state index in [2.05, 4.69) is 46.7 Å². The Morgan fingerprint density at radius 3 is 2.11 bits per heavy atom. The van der Waals surface area contributed by atoms with Crippen LogP contribution in [-0.2, 0) is 4.43 Å². The fourth-order valence-corrected chi connectivity index (χ4v) is 2.89. The number of hydrogen-bond donors (Lipinski definition) is 0. The van der Waals surface area contributed by atoms with Gasteiger partial charge in [-0.05, 0) is 31.0 Å². The van der Waals surface area contributed by atoms with Gasteiger partial charge >= 0.3 is 0 Å². The molecule has 106 valence electrons. The van der Waals surface area contributed by atoms with E-state index in [0.29, 0.717) is 0 Å². The van der Waals surface area contributed by atoms with Crippen molar-refractivity contribution in [2.45, 2.75) is 90.5 Å². The predicted octanol–water partition coefficient (Wildman–Crippen LogP) is 5.37. The predicted molar refractivity (Wildman–Crippen MR) is 84.3 cm³/mol. The molecule has 0 aromatic rings. The van der Waals surface area contributed by atoms with Gasteiger partial charge in [0.15, 0.2) is 8.32 Å². The number of unbranched alkanes of at least 4 members (excludes halogenated alkanes) is 4. The van der Waals surface area contributed by atoms with Crippen LogP contribution < -0.4 is 0 Å². The smallest absolute Gasteiger partial charge is 0.193 e. The third-order valence-corrected chi connectivity index (χ3v) is 8.48. The van der Waals surface area contributed by atoms with E-state index >= 15 is 0 Å². The first-order valence-corrected chi connectivity index (χ1v) is 10.3. The van der Waals surface area contributed by atoms with Gasteiger partial charge in [-0.15, -0.1) is 6.42 Å². The molecule has 0 aliphatic heterocycles. The lowest BCUT2D eigenvalue weighted by molar-refractivity contribution is 0.219. The van der Waals surface area contributed by atoms with Crippen molar-refractivity contribution < 1.29 is 4.43 Å². The molecule has 0 saturated carbocycles. The van der Waals surface area contributed by atoms with Gasteiger partial charge in [0.2, 0.25) is 0 Å². The maximum absolute atomic E-state index is 6.26. The van der Waals surface area contributed by atoms with Crippen LogP contribution in [0.2, 0.25) is 18.1 Å². The highest BCUT2D eigenvalue weighted by molar-refractivity contribution is 6.74. The lowest BCUT2D eigenvalue weighted by atomic mass is 10.1. The molecule has 18 heavy (non-hydrogen) atoms. The van der Waals surface area contributed by atoms with Crippen molar-refractivity contribution in [3.05, 3.63) is 0 Å². The van der Waals surface area contributed by atoms with E-state index < -0.39 is 8.32 Å². The molecule has 0 heterocycles. The third-order valence-electron chi connectivity index (χ3n) is 4.00. The summed E-state index contributed by atoms with van der Waals surface area (Å²) in [5.41, 5.74) is 0. The highest BCUT2D eigenvalue weighted by Crippen LogP contribution is 2.37. The van der Waals surface area contributed by atoms with Gasteiger partial charge in [0, 0.05) is 0 Å². The fourth-order valence-electron chi connectivity index (χ4n) is 1.64. The van der Waals surface area contributed by atoms with E-state index in [1.165, 1.54) is 32.1 Å². The van der Waals surface area contributed by atoms with Crippen molar-refractivity contribution >= 4 is 8.32 Å². The first-order valence-electron chi connectivity index (χ1n) is 7.38. The maximum atomic E-state index is 6.26. The molecule has 0 radical (unpaired) electrons. The summed E-state index contributed by atoms with van der Waals surface area (Å²) in [4.78, 5) is 0. The topological polar surface area (TPSA) is 9.23 Å². The quantitative estimate of drug-likeness (QED) is 0.327. The van der Waals surface area contributed by atoms with E-state index in [1.807, 2.05) is 0 Å². The van der Waals surface area contributed by atoms with Gasteiger partial charge in [-0.25, -0.2) is 0 Å². The van der Waals surface area contributed by atoms with Gasteiger partial charge in [-0.1, -0.05) is 59.3 Å². The Hall–Kier alpha value is -0.263. The van der Waals surface area contributed by atoms with Crippen LogP contribution in [0.25, 0.3) is 0 Å². The lowest BCUT2D eigenvalue weighted by Gasteiger charge is -2.38. The van der Waals surface area contributed by atoms with Crippen LogP contribution >= 0.6 is 0 Å². The molecule has 1 atom stereocenters. The SMILES string of the molecule is C#C[C@H](CCCCCCC)O[Si](C)(C)C(C)(C)C. The molecule has 0 bridgehead atoms. The minimum absolute atomic E-state index is 0.0209. The highest BCUT2D eigenvalue weighted by atomic mass is 28.4. The van der Waals surface area contributed by atoms with Crippen molar-refractivity contribution in [3.63, 3.8) is 0 Å². The summed E-state index contributed by atoms with van der Waals surface area (Å²) in [6, 6.07) is 0. The van der Waals surface area contributed by atoms with Gasteiger partial charge in [0.05, 0.1) is 0 Å². The Morgan fingerprint density at radius 2 is 1.67 bits per heavy atom. The monoisotopic (exact) mass is 268 g/mol. The molecule has 0 spiro atoms. The normalized spacial score (nSPS) is 14.3. The summed E-state index contributed by atoms with van der Waals surface area (Å²) in [5, 5.41) is 0.240. The van der Waals surface area contributed by atoms with Crippen LogP contribution in [-0.4, -0.2) is 14.4 Å². The van der Waals surface area contributed by atoms with Crippen molar-refractivity contribution in [2.75, 3.05) is 0 Å². The van der Waals surface area contributed by atoms with Crippen LogP contribution in [0.4, 0.5) is 0 Å². The lowest BCUT2D eigenvalue weighted by Crippen LogP contribution is -2.43. The van der Waals surface area contributed by atoms with Crippen LogP contribution in [0.1, 0.15) is 66.2 Å². The maximum Gasteiger partial charge on any atom is 0.193 e.